The van der Waals surface area contributed by atoms with E-state index in [2.05, 4.69) is 55.8 Å². The number of aliphatic imine (C=N–C) groups is 1. The van der Waals surface area contributed by atoms with Gasteiger partial charge in [-0.25, -0.2) is 4.99 Å². The van der Waals surface area contributed by atoms with E-state index >= 15 is 0 Å². The van der Waals surface area contributed by atoms with Gasteiger partial charge in [-0.1, -0.05) is 12.1 Å². The number of benzene rings is 1. The molecule has 0 heterocycles. The van der Waals surface area contributed by atoms with E-state index in [1.54, 1.807) is 0 Å². The van der Waals surface area contributed by atoms with Crippen LogP contribution in [-0.2, 0) is 6.54 Å². The van der Waals surface area contributed by atoms with Crippen LogP contribution in [0.4, 0.5) is 0 Å². The largest absolute Gasteiger partial charge is 0.488 e. The fourth-order valence-electron chi connectivity index (χ4n) is 2.14. The van der Waals surface area contributed by atoms with E-state index in [0.29, 0.717) is 18.5 Å². The van der Waals surface area contributed by atoms with Crippen molar-refractivity contribution in [2.45, 2.75) is 58.7 Å². The lowest BCUT2D eigenvalue weighted by molar-refractivity contribution is 0.129. The van der Waals surface area contributed by atoms with Gasteiger partial charge in [-0.15, -0.1) is 0 Å². The lowest BCUT2D eigenvalue weighted by Gasteiger charge is -2.23. The third-order valence-electron chi connectivity index (χ3n) is 3.51. The van der Waals surface area contributed by atoms with Crippen molar-refractivity contribution in [1.82, 2.24) is 4.90 Å². The Morgan fingerprint density at radius 3 is 2.62 bits per heavy atom. The first-order valence-corrected chi connectivity index (χ1v) is 7.57. The second-order valence-corrected chi connectivity index (χ2v) is 6.84. The van der Waals surface area contributed by atoms with Crippen LogP contribution in [0.3, 0.4) is 0 Å². The van der Waals surface area contributed by atoms with Crippen molar-refractivity contribution in [3.63, 3.8) is 0 Å². The van der Waals surface area contributed by atoms with Gasteiger partial charge in [0, 0.05) is 18.7 Å². The minimum absolute atomic E-state index is 0.220. The summed E-state index contributed by atoms with van der Waals surface area (Å²) in [6.45, 7) is 8.78. The molecule has 4 nitrogen and oxygen atoms in total. The Bertz CT molecular complexity index is 527. The highest BCUT2D eigenvalue weighted by Gasteiger charge is 2.27. The quantitative estimate of drug-likeness (QED) is 0.684. The van der Waals surface area contributed by atoms with Crippen LogP contribution in [0.2, 0.25) is 0 Å². The number of rotatable bonds is 4. The number of aryl methyl sites for hydroxylation is 1. The Balaban J connectivity index is 2.13. The van der Waals surface area contributed by atoms with Crippen molar-refractivity contribution < 1.29 is 4.74 Å². The summed E-state index contributed by atoms with van der Waals surface area (Å²) >= 11 is 0. The molecule has 0 aliphatic heterocycles. The van der Waals surface area contributed by atoms with Gasteiger partial charge in [0.25, 0.3) is 0 Å². The van der Waals surface area contributed by atoms with E-state index in [9.17, 15) is 0 Å². The Kier molecular flexibility index (Phi) is 4.45. The SMILES string of the molecule is Cc1ccc(CN=C(N)N(C)C2CC2)c(OC(C)(C)C)c1. The van der Waals surface area contributed by atoms with Gasteiger partial charge < -0.3 is 15.4 Å². The summed E-state index contributed by atoms with van der Waals surface area (Å²) in [6.07, 6.45) is 2.44. The number of nitrogens with two attached hydrogens (primary N) is 1. The summed E-state index contributed by atoms with van der Waals surface area (Å²) < 4.78 is 6.04. The van der Waals surface area contributed by atoms with Crippen molar-refractivity contribution >= 4 is 5.96 Å². The first-order chi connectivity index (χ1) is 9.76. The van der Waals surface area contributed by atoms with E-state index in [0.717, 1.165) is 11.3 Å². The average molecular weight is 289 g/mol. The average Bonchev–Trinajstić information content (AvgIpc) is 3.18. The molecule has 1 aliphatic rings. The summed E-state index contributed by atoms with van der Waals surface area (Å²) in [6, 6.07) is 6.81. The van der Waals surface area contributed by atoms with Crippen molar-refractivity contribution in [1.29, 1.82) is 0 Å². The topological polar surface area (TPSA) is 50.8 Å². The van der Waals surface area contributed by atoms with Gasteiger partial charge in [0.15, 0.2) is 5.96 Å². The second-order valence-electron chi connectivity index (χ2n) is 6.84. The third-order valence-corrected chi connectivity index (χ3v) is 3.51. The number of guanidine groups is 1. The second kappa shape index (κ2) is 5.96. The van der Waals surface area contributed by atoms with Crippen LogP contribution in [0, 0.1) is 6.92 Å². The van der Waals surface area contributed by atoms with Crippen LogP contribution < -0.4 is 10.5 Å². The maximum absolute atomic E-state index is 6.05. The number of ether oxygens (including phenoxy) is 1. The molecule has 0 spiro atoms. The van der Waals surface area contributed by atoms with E-state index in [-0.39, 0.29) is 5.60 Å². The van der Waals surface area contributed by atoms with Crippen LogP contribution in [0.25, 0.3) is 0 Å². The standard InChI is InChI=1S/C17H27N3O/c1-12-6-7-13(15(10-12)21-17(2,3)4)11-19-16(18)20(5)14-8-9-14/h6-7,10,14H,8-9,11H2,1-5H3,(H2,18,19). The van der Waals surface area contributed by atoms with Crippen molar-refractivity contribution in [3.8, 4) is 5.75 Å². The molecule has 4 heteroatoms. The highest BCUT2D eigenvalue weighted by Crippen LogP contribution is 2.27. The molecule has 0 amide bonds. The van der Waals surface area contributed by atoms with Gasteiger partial charge in [-0.2, -0.15) is 0 Å². The van der Waals surface area contributed by atoms with Crippen LogP contribution in [-0.4, -0.2) is 29.6 Å². The first kappa shape index (κ1) is 15.7. The summed E-state index contributed by atoms with van der Waals surface area (Å²) in [5.74, 6) is 1.51. The van der Waals surface area contributed by atoms with Gasteiger partial charge >= 0.3 is 0 Å². The summed E-state index contributed by atoms with van der Waals surface area (Å²) in [5.41, 5.74) is 8.09. The molecule has 0 saturated heterocycles. The molecule has 21 heavy (non-hydrogen) atoms. The maximum Gasteiger partial charge on any atom is 0.191 e. The van der Waals surface area contributed by atoms with E-state index in [1.807, 2.05) is 7.05 Å². The van der Waals surface area contributed by atoms with Gasteiger partial charge in [0.2, 0.25) is 0 Å². The Morgan fingerprint density at radius 2 is 2.05 bits per heavy atom. The third kappa shape index (κ3) is 4.66. The molecule has 1 aromatic rings. The number of nitrogens with zero attached hydrogens (tertiary/aromatic N) is 2. The fraction of sp³-hybridized carbons (Fsp3) is 0.588. The fourth-order valence-corrected chi connectivity index (χ4v) is 2.14. The summed E-state index contributed by atoms with van der Waals surface area (Å²) in [5, 5.41) is 0. The first-order valence-electron chi connectivity index (χ1n) is 7.57. The molecule has 0 aromatic heterocycles. The minimum Gasteiger partial charge on any atom is -0.488 e. The Morgan fingerprint density at radius 1 is 1.38 bits per heavy atom. The molecule has 1 aromatic carbocycles. The molecule has 1 aliphatic carbocycles. The zero-order chi connectivity index (χ0) is 15.6. The lowest BCUT2D eigenvalue weighted by Crippen LogP contribution is -2.35. The number of hydrogen-bond acceptors (Lipinski definition) is 2. The molecule has 1 saturated carbocycles. The van der Waals surface area contributed by atoms with Gasteiger partial charge in [0.1, 0.15) is 11.4 Å². The van der Waals surface area contributed by atoms with Gasteiger partial charge in [-0.3, -0.25) is 0 Å². The summed E-state index contributed by atoms with van der Waals surface area (Å²) in [7, 11) is 2.01. The van der Waals surface area contributed by atoms with E-state index in [4.69, 9.17) is 10.5 Å². The zero-order valence-electron chi connectivity index (χ0n) is 13.8. The normalized spacial score (nSPS) is 16.0. The van der Waals surface area contributed by atoms with Gasteiger partial charge in [0.05, 0.1) is 6.54 Å². The van der Waals surface area contributed by atoms with Crippen LogP contribution in [0.1, 0.15) is 44.7 Å². The molecule has 2 rings (SSSR count). The van der Waals surface area contributed by atoms with E-state index < -0.39 is 0 Å². The smallest absolute Gasteiger partial charge is 0.191 e. The Labute approximate surface area is 128 Å². The molecule has 2 N–H and O–H groups in total. The van der Waals surface area contributed by atoms with Crippen LogP contribution in [0.5, 0.6) is 5.75 Å². The molecule has 0 atom stereocenters. The zero-order valence-corrected chi connectivity index (χ0v) is 13.8. The molecular weight excluding hydrogens is 262 g/mol. The molecular formula is C17H27N3O. The van der Waals surface area contributed by atoms with Crippen molar-refractivity contribution in [2.24, 2.45) is 10.7 Å². The highest BCUT2D eigenvalue weighted by molar-refractivity contribution is 5.78. The molecule has 0 unspecified atom stereocenters. The monoisotopic (exact) mass is 289 g/mol. The predicted octanol–water partition coefficient (Wildman–Crippen LogP) is 3.08. The molecule has 0 bridgehead atoms. The highest BCUT2D eigenvalue weighted by atomic mass is 16.5. The van der Waals surface area contributed by atoms with Crippen molar-refractivity contribution in [2.75, 3.05) is 7.05 Å². The minimum atomic E-state index is -0.220. The number of hydrogen-bond donors (Lipinski definition) is 1. The molecule has 0 radical (unpaired) electrons. The van der Waals surface area contributed by atoms with Crippen LogP contribution in [0.15, 0.2) is 23.2 Å². The summed E-state index contributed by atoms with van der Waals surface area (Å²) in [4.78, 5) is 6.58. The molecule has 1 fully saturated rings. The predicted molar refractivity (Wildman–Crippen MR) is 87.7 cm³/mol. The van der Waals surface area contributed by atoms with Crippen LogP contribution >= 0.6 is 0 Å². The van der Waals surface area contributed by atoms with Gasteiger partial charge in [-0.05, 0) is 52.2 Å². The Hall–Kier alpha value is -1.71. The maximum atomic E-state index is 6.05. The van der Waals surface area contributed by atoms with Crippen molar-refractivity contribution in [3.05, 3.63) is 29.3 Å². The van der Waals surface area contributed by atoms with E-state index in [1.165, 1.54) is 18.4 Å². The molecule has 116 valence electrons. The lowest BCUT2D eigenvalue weighted by atomic mass is 10.1.